The maximum Gasteiger partial charge on any atom is 0.277 e. The number of carbonyl (C=O) groups is 1. The molecular formula is C28H32N2O4. The third kappa shape index (κ3) is 7.10. The van der Waals surface area contributed by atoms with E-state index in [-0.39, 0.29) is 12.5 Å². The Morgan fingerprint density at radius 3 is 2.35 bits per heavy atom. The second-order valence-corrected chi connectivity index (χ2v) is 8.46. The molecule has 3 aromatic rings. The van der Waals surface area contributed by atoms with E-state index in [1.54, 1.807) is 19.4 Å². The van der Waals surface area contributed by atoms with Crippen LogP contribution in [0.1, 0.15) is 47.6 Å². The fourth-order valence-corrected chi connectivity index (χ4v) is 3.33. The first-order valence-electron chi connectivity index (χ1n) is 11.3. The fourth-order valence-electron chi connectivity index (χ4n) is 3.33. The molecular weight excluding hydrogens is 428 g/mol. The summed E-state index contributed by atoms with van der Waals surface area (Å²) in [6.45, 7) is 8.56. The number of aryl methyl sites for hydroxylation is 2. The standard InChI is InChI=1S/C28H32N2O4/c1-19(2)24-12-8-21(4)14-26(24)34-18-28(31)30-29-16-23-11-13-25(27(15-23)32-5)33-17-22-9-6-20(3)7-10-22/h6-16,19H,17-18H2,1-5H3,(H,30,31)/b29-16+. The molecule has 0 aliphatic rings. The average Bonchev–Trinajstić information content (AvgIpc) is 2.82. The summed E-state index contributed by atoms with van der Waals surface area (Å²) in [7, 11) is 1.59. The van der Waals surface area contributed by atoms with E-state index in [2.05, 4.69) is 43.4 Å². The number of hydrazone groups is 1. The molecule has 0 aliphatic heterocycles. The smallest absolute Gasteiger partial charge is 0.277 e. The van der Waals surface area contributed by atoms with Crippen LogP contribution in [0.15, 0.2) is 65.8 Å². The minimum absolute atomic E-state index is 0.115. The molecule has 178 valence electrons. The molecule has 0 spiro atoms. The van der Waals surface area contributed by atoms with Crippen molar-refractivity contribution in [3.8, 4) is 17.2 Å². The van der Waals surface area contributed by atoms with E-state index < -0.39 is 0 Å². The number of benzene rings is 3. The summed E-state index contributed by atoms with van der Waals surface area (Å²) in [5, 5.41) is 4.03. The molecule has 0 unspecified atom stereocenters. The van der Waals surface area contributed by atoms with Crippen LogP contribution < -0.4 is 19.6 Å². The van der Waals surface area contributed by atoms with Gasteiger partial charge in [-0.25, -0.2) is 5.43 Å². The summed E-state index contributed by atoms with van der Waals surface area (Å²) < 4.78 is 17.1. The van der Waals surface area contributed by atoms with Gasteiger partial charge >= 0.3 is 0 Å². The first-order valence-corrected chi connectivity index (χ1v) is 11.3. The summed E-state index contributed by atoms with van der Waals surface area (Å²) in [4.78, 5) is 12.2. The van der Waals surface area contributed by atoms with Crippen molar-refractivity contribution in [3.05, 3.63) is 88.5 Å². The van der Waals surface area contributed by atoms with Crippen molar-refractivity contribution in [2.45, 2.75) is 40.2 Å². The third-order valence-electron chi connectivity index (χ3n) is 5.26. The molecule has 6 nitrogen and oxygen atoms in total. The lowest BCUT2D eigenvalue weighted by atomic mass is 10.0. The number of methoxy groups -OCH3 is 1. The number of nitrogens with one attached hydrogen (secondary N) is 1. The van der Waals surface area contributed by atoms with Gasteiger partial charge in [0.05, 0.1) is 13.3 Å². The van der Waals surface area contributed by atoms with Gasteiger partial charge in [0.25, 0.3) is 5.91 Å². The molecule has 1 N–H and O–H groups in total. The Kier molecular flexibility index (Phi) is 8.68. The number of amides is 1. The highest BCUT2D eigenvalue weighted by molar-refractivity contribution is 5.83. The van der Waals surface area contributed by atoms with Crippen molar-refractivity contribution in [3.63, 3.8) is 0 Å². The van der Waals surface area contributed by atoms with Crippen molar-refractivity contribution >= 4 is 12.1 Å². The Hall–Kier alpha value is -3.80. The lowest BCUT2D eigenvalue weighted by Crippen LogP contribution is -2.25. The van der Waals surface area contributed by atoms with Crippen molar-refractivity contribution in [2.75, 3.05) is 13.7 Å². The van der Waals surface area contributed by atoms with Crippen LogP contribution in [0.25, 0.3) is 0 Å². The molecule has 0 fully saturated rings. The second-order valence-electron chi connectivity index (χ2n) is 8.46. The summed E-state index contributed by atoms with van der Waals surface area (Å²) in [5.41, 5.74) is 7.70. The summed E-state index contributed by atoms with van der Waals surface area (Å²) in [5.74, 6) is 1.91. The maximum absolute atomic E-state index is 12.2. The number of hydrogen-bond donors (Lipinski definition) is 1. The molecule has 0 aromatic heterocycles. The van der Waals surface area contributed by atoms with Crippen molar-refractivity contribution in [2.24, 2.45) is 5.10 Å². The zero-order valence-corrected chi connectivity index (χ0v) is 20.4. The largest absolute Gasteiger partial charge is 0.493 e. The predicted octanol–water partition coefficient (Wildman–Crippen LogP) is 5.54. The highest BCUT2D eigenvalue weighted by atomic mass is 16.5. The second kappa shape index (κ2) is 11.9. The average molecular weight is 461 g/mol. The van der Waals surface area contributed by atoms with Crippen LogP contribution in [0.5, 0.6) is 17.2 Å². The molecule has 6 heteroatoms. The Bertz CT molecular complexity index is 1140. The normalized spacial score (nSPS) is 11.0. The molecule has 0 radical (unpaired) electrons. The van der Waals surface area contributed by atoms with Crippen LogP contribution in [-0.4, -0.2) is 25.8 Å². The first-order chi connectivity index (χ1) is 16.4. The Morgan fingerprint density at radius 1 is 0.912 bits per heavy atom. The van der Waals surface area contributed by atoms with E-state index in [9.17, 15) is 4.79 Å². The number of nitrogens with zero attached hydrogens (tertiary/aromatic N) is 1. The van der Waals surface area contributed by atoms with Gasteiger partial charge in [0.2, 0.25) is 0 Å². The van der Waals surface area contributed by atoms with E-state index >= 15 is 0 Å². The molecule has 0 aliphatic carbocycles. The molecule has 34 heavy (non-hydrogen) atoms. The summed E-state index contributed by atoms with van der Waals surface area (Å²) >= 11 is 0. The van der Waals surface area contributed by atoms with E-state index in [4.69, 9.17) is 14.2 Å². The Labute approximate surface area is 201 Å². The lowest BCUT2D eigenvalue weighted by Gasteiger charge is -2.14. The van der Waals surface area contributed by atoms with Gasteiger partial charge in [-0.1, -0.05) is 55.8 Å². The Balaban J connectivity index is 1.54. The number of hydrogen-bond acceptors (Lipinski definition) is 5. The topological polar surface area (TPSA) is 69.2 Å². The van der Waals surface area contributed by atoms with Crippen LogP contribution in [0.4, 0.5) is 0 Å². The molecule has 0 saturated carbocycles. The first kappa shape index (κ1) is 24.8. The highest BCUT2D eigenvalue weighted by Crippen LogP contribution is 2.29. The van der Waals surface area contributed by atoms with Gasteiger partial charge in [-0.05, 0) is 66.3 Å². The quantitative estimate of drug-likeness (QED) is 0.318. The SMILES string of the molecule is COc1cc(/C=N/NC(=O)COc2cc(C)ccc2C(C)C)ccc1OCc1ccc(C)cc1. The van der Waals surface area contributed by atoms with Gasteiger partial charge in [-0.2, -0.15) is 5.10 Å². The summed E-state index contributed by atoms with van der Waals surface area (Å²) in [6.07, 6.45) is 1.55. The number of ether oxygens (including phenoxy) is 3. The van der Waals surface area contributed by atoms with Crippen molar-refractivity contribution < 1.29 is 19.0 Å². The van der Waals surface area contributed by atoms with E-state index in [0.29, 0.717) is 24.0 Å². The molecule has 0 saturated heterocycles. The lowest BCUT2D eigenvalue weighted by molar-refractivity contribution is -0.123. The number of carbonyl (C=O) groups excluding carboxylic acids is 1. The van der Waals surface area contributed by atoms with Crippen LogP contribution in [0.3, 0.4) is 0 Å². The van der Waals surface area contributed by atoms with E-state index in [0.717, 1.165) is 28.0 Å². The van der Waals surface area contributed by atoms with Gasteiger partial charge < -0.3 is 14.2 Å². The zero-order chi connectivity index (χ0) is 24.5. The Morgan fingerprint density at radius 2 is 1.65 bits per heavy atom. The van der Waals surface area contributed by atoms with Crippen LogP contribution in [0, 0.1) is 13.8 Å². The minimum Gasteiger partial charge on any atom is -0.493 e. The van der Waals surface area contributed by atoms with Gasteiger partial charge in [-0.15, -0.1) is 0 Å². The van der Waals surface area contributed by atoms with E-state index in [1.807, 2.05) is 49.4 Å². The number of rotatable bonds is 10. The van der Waals surface area contributed by atoms with Crippen molar-refractivity contribution in [1.29, 1.82) is 0 Å². The molecule has 0 bridgehead atoms. The molecule has 0 heterocycles. The van der Waals surface area contributed by atoms with Gasteiger partial charge in [-0.3, -0.25) is 4.79 Å². The maximum atomic E-state index is 12.2. The molecule has 3 aromatic carbocycles. The van der Waals surface area contributed by atoms with E-state index in [1.165, 1.54) is 5.56 Å². The van der Waals surface area contributed by atoms with Gasteiger partial charge in [0.1, 0.15) is 12.4 Å². The van der Waals surface area contributed by atoms with Gasteiger partial charge in [0.15, 0.2) is 18.1 Å². The molecule has 0 atom stereocenters. The highest BCUT2D eigenvalue weighted by Gasteiger charge is 2.10. The monoisotopic (exact) mass is 460 g/mol. The third-order valence-corrected chi connectivity index (χ3v) is 5.26. The molecule has 3 rings (SSSR count). The minimum atomic E-state index is -0.336. The van der Waals surface area contributed by atoms with Gasteiger partial charge in [0, 0.05) is 0 Å². The van der Waals surface area contributed by atoms with Crippen LogP contribution >= 0.6 is 0 Å². The fraction of sp³-hybridized carbons (Fsp3) is 0.286. The van der Waals surface area contributed by atoms with Crippen LogP contribution in [-0.2, 0) is 11.4 Å². The van der Waals surface area contributed by atoms with Crippen LogP contribution in [0.2, 0.25) is 0 Å². The predicted molar refractivity (Wildman–Crippen MR) is 135 cm³/mol. The zero-order valence-electron chi connectivity index (χ0n) is 20.4. The summed E-state index contributed by atoms with van der Waals surface area (Å²) in [6, 6.07) is 19.7. The molecule has 1 amide bonds. The van der Waals surface area contributed by atoms with Crippen molar-refractivity contribution in [1.82, 2.24) is 5.43 Å².